The van der Waals surface area contributed by atoms with Crippen molar-refractivity contribution in [3.8, 4) is 5.75 Å². The zero-order valence-electron chi connectivity index (χ0n) is 17.2. The van der Waals surface area contributed by atoms with Crippen molar-refractivity contribution >= 4 is 52.7 Å². The molecule has 170 valence electrons. The monoisotopic (exact) mass is 496 g/mol. The molecule has 1 aliphatic rings. The molecule has 10 heteroatoms. The number of aliphatic carboxylic acids is 1. The summed E-state index contributed by atoms with van der Waals surface area (Å²) in [6.07, 6.45) is 0.0949. The Morgan fingerprint density at radius 3 is 2.44 bits per heavy atom. The molecule has 0 aliphatic carbocycles. The molecule has 2 aromatic rings. The molecule has 0 spiro atoms. The molecule has 2 N–H and O–H groups in total. The number of nitrogens with one attached hydrogen (secondary N) is 1. The largest absolute Gasteiger partial charge is 0.489 e. The van der Waals surface area contributed by atoms with Crippen LogP contribution < -0.4 is 10.1 Å². The first-order chi connectivity index (χ1) is 15.3. The van der Waals surface area contributed by atoms with Crippen LogP contribution >= 0.6 is 35.0 Å². The van der Waals surface area contributed by atoms with Gasteiger partial charge in [0.15, 0.2) is 0 Å². The second-order valence-electron chi connectivity index (χ2n) is 7.24. The minimum absolute atomic E-state index is 0.0949. The van der Waals surface area contributed by atoms with E-state index in [4.69, 9.17) is 27.9 Å². The van der Waals surface area contributed by atoms with Gasteiger partial charge in [-0.05, 0) is 29.8 Å². The zero-order valence-corrected chi connectivity index (χ0v) is 19.5. The van der Waals surface area contributed by atoms with E-state index in [2.05, 4.69) is 5.32 Å². The van der Waals surface area contributed by atoms with Gasteiger partial charge in [-0.15, -0.1) is 11.8 Å². The predicted molar refractivity (Wildman–Crippen MR) is 124 cm³/mol. The number of carboxylic acids is 1. The number of rotatable bonds is 8. The average molecular weight is 497 g/mol. The number of benzene rings is 2. The molecule has 1 aliphatic heterocycles. The second kappa shape index (κ2) is 10.9. The van der Waals surface area contributed by atoms with Gasteiger partial charge < -0.3 is 20.1 Å². The van der Waals surface area contributed by atoms with Crippen LogP contribution in [0.15, 0.2) is 42.5 Å². The smallest absolute Gasteiger partial charge is 0.326 e. The molecule has 1 heterocycles. The molecular formula is C22H22Cl2N2O5S. The normalized spacial score (nSPS) is 16.5. The van der Waals surface area contributed by atoms with E-state index in [1.165, 1.54) is 23.6 Å². The summed E-state index contributed by atoms with van der Waals surface area (Å²) < 4.78 is 5.73. The predicted octanol–water partition coefficient (Wildman–Crippen LogP) is 3.61. The average Bonchev–Trinajstić information content (AvgIpc) is 3.24. The van der Waals surface area contributed by atoms with Crippen LogP contribution in [0.4, 0.5) is 0 Å². The van der Waals surface area contributed by atoms with Crippen molar-refractivity contribution in [2.75, 3.05) is 11.6 Å². The highest BCUT2D eigenvalue weighted by Crippen LogP contribution is 2.26. The molecule has 2 aromatic carbocycles. The number of carboxylic acid groups (broad SMARTS) is 1. The van der Waals surface area contributed by atoms with Crippen molar-refractivity contribution in [3.63, 3.8) is 0 Å². The maximum absolute atomic E-state index is 12.6. The molecule has 0 saturated carbocycles. The first-order valence-electron chi connectivity index (χ1n) is 9.79. The van der Waals surface area contributed by atoms with Gasteiger partial charge in [0.05, 0.1) is 5.88 Å². The molecule has 32 heavy (non-hydrogen) atoms. The topological polar surface area (TPSA) is 95.9 Å². The highest BCUT2D eigenvalue weighted by atomic mass is 35.5. The van der Waals surface area contributed by atoms with Crippen LogP contribution in [0.3, 0.4) is 0 Å². The Bertz CT molecular complexity index is 982. The van der Waals surface area contributed by atoms with E-state index in [0.29, 0.717) is 38.6 Å². The van der Waals surface area contributed by atoms with Gasteiger partial charge in [0.25, 0.3) is 0 Å². The SMILES string of the molecule is CC(=O)N1CSC[C@@H]1C(=O)NC(Cc1ccc(OCc2c(Cl)cccc2Cl)cc1)C(=O)O. The van der Waals surface area contributed by atoms with Gasteiger partial charge >= 0.3 is 5.97 Å². The highest BCUT2D eigenvalue weighted by Gasteiger charge is 2.35. The molecule has 0 bridgehead atoms. The summed E-state index contributed by atoms with van der Waals surface area (Å²) in [4.78, 5) is 37.4. The first-order valence-corrected chi connectivity index (χ1v) is 11.7. The van der Waals surface area contributed by atoms with Gasteiger partial charge in [0.1, 0.15) is 24.4 Å². The zero-order chi connectivity index (χ0) is 23.3. The van der Waals surface area contributed by atoms with Gasteiger partial charge in [-0.2, -0.15) is 0 Å². The van der Waals surface area contributed by atoms with Crippen molar-refractivity contribution in [2.45, 2.75) is 32.0 Å². The van der Waals surface area contributed by atoms with Crippen LogP contribution in [0.25, 0.3) is 0 Å². The molecule has 0 aromatic heterocycles. The molecule has 1 saturated heterocycles. The lowest BCUT2D eigenvalue weighted by atomic mass is 10.1. The lowest BCUT2D eigenvalue weighted by Crippen LogP contribution is -2.52. The number of ether oxygens (including phenoxy) is 1. The van der Waals surface area contributed by atoms with Crippen LogP contribution in [0.2, 0.25) is 10.0 Å². The minimum atomic E-state index is -1.15. The molecule has 0 radical (unpaired) electrons. The molecule has 1 unspecified atom stereocenters. The van der Waals surface area contributed by atoms with Crippen LogP contribution in [-0.4, -0.2) is 51.5 Å². The number of thioether (sulfide) groups is 1. The van der Waals surface area contributed by atoms with Crippen molar-refractivity contribution < 1.29 is 24.2 Å². The molecule has 2 amide bonds. The summed E-state index contributed by atoms with van der Waals surface area (Å²) in [7, 11) is 0. The number of hydrogen-bond acceptors (Lipinski definition) is 5. The molecule has 7 nitrogen and oxygen atoms in total. The van der Waals surface area contributed by atoms with E-state index < -0.39 is 24.0 Å². The highest BCUT2D eigenvalue weighted by molar-refractivity contribution is 7.99. The Kier molecular flexibility index (Phi) is 8.28. The molecular weight excluding hydrogens is 475 g/mol. The fourth-order valence-corrected chi connectivity index (χ4v) is 4.95. The minimum Gasteiger partial charge on any atom is -0.489 e. The van der Waals surface area contributed by atoms with Gasteiger partial charge in [-0.1, -0.05) is 41.4 Å². The van der Waals surface area contributed by atoms with E-state index in [0.717, 1.165) is 0 Å². The third-order valence-corrected chi connectivity index (χ3v) is 6.73. The van der Waals surface area contributed by atoms with Gasteiger partial charge in [-0.3, -0.25) is 9.59 Å². The van der Waals surface area contributed by atoms with E-state index in [1.54, 1.807) is 42.5 Å². The third-order valence-electron chi connectivity index (χ3n) is 5.01. The summed E-state index contributed by atoms with van der Waals surface area (Å²) >= 11 is 13.7. The Labute approximate surface area is 200 Å². The fraction of sp³-hybridized carbons (Fsp3) is 0.318. The Hall–Kier alpha value is -2.42. The molecule has 1 fully saturated rings. The van der Waals surface area contributed by atoms with Crippen LogP contribution in [0.1, 0.15) is 18.1 Å². The number of amides is 2. The number of hydrogen-bond donors (Lipinski definition) is 2. The van der Waals surface area contributed by atoms with Crippen LogP contribution in [-0.2, 0) is 27.4 Å². The second-order valence-corrected chi connectivity index (χ2v) is 9.06. The first kappa shape index (κ1) is 24.2. The number of halogens is 2. The molecule has 2 atom stereocenters. The van der Waals surface area contributed by atoms with E-state index in [9.17, 15) is 19.5 Å². The van der Waals surface area contributed by atoms with Gasteiger partial charge in [0.2, 0.25) is 11.8 Å². The quantitative estimate of drug-likeness (QED) is 0.579. The summed E-state index contributed by atoms with van der Waals surface area (Å²) in [5.74, 6) is -0.386. The Balaban J connectivity index is 1.60. The maximum atomic E-state index is 12.6. The number of carbonyl (C=O) groups is 3. The standard InChI is InChI=1S/C22H22Cl2N2O5S/c1-13(27)26-12-32-11-20(26)21(28)25-19(22(29)30)9-14-5-7-15(8-6-14)31-10-16-17(23)3-2-4-18(16)24/h2-8,19-20H,9-12H2,1H3,(H,25,28)(H,29,30)/t19?,20-/m1/s1. The van der Waals surface area contributed by atoms with Crippen molar-refractivity contribution in [3.05, 3.63) is 63.6 Å². The van der Waals surface area contributed by atoms with E-state index >= 15 is 0 Å². The lowest BCUT2D eigenvalue weighted by molar-refractivity contribution is -0.143. The summed E-state index contributed by atoms with van der Waals surface area (Å²) in [6.45, 7) is 1.59. The van der Waals surface area contributed by atoms with Crippen LogP contribution in [0.5, 0.6) is 5.75 Å². The van der Waals surface area contributed by atoms with Crippen LogP contribution in [0, 0.1) is 0 Å². The Morgan fingerprint density at radius 1 is 1.19 bits per heavy atom. The fourth-order valence-electron chi connectivity index (χ4n) is 3.22. The van der Waals surface area contributed by atoms with Gasteiger partial charge in [-0.25, -0.2) is 4.79 Å². The number of nitrogens with zero attached hydrogens (tertiary/aromatic N) is 1. The number of carbonyl (C=O) groups excluding carboxylic acids is 2. The van der Waals surface area contributed by atoms with E-state index in [1.807, 2.05) is 0 Å². The molecule has 3 rings (SSSR count). The Morgan fingerprint density at radius 2 is 1.84 bits per heavy atom. The van der Waals surface area contributed by atoms with Crippen molar-refractivity contribution in [1.29, 1.82) is 0 Å². The summed E-state index contributed by atoms with van der Waals surface area (Å²) in [6, 6.07) is 10.3. The van der Waals surface area contributed by atoms with E-state index in [-0.39, 0.29) is 18.9 Å². The van der Waals surface area contributed by atoms with Gasteiger partial charge in [0, 0.05) is 34.7 Å². The van der Waals surface area contributed by atoms with Crippen molar-refractivity contribution in [1.82, 2.24) is 10.2 Å². The van der Waals surface area contributed by atoms with Crippen molar-refractivity contribution in [2.24, 2.45) is 0 Å². The lowest BCUT2D eigenvalue weighted by Gasteiger charge is -2.23. The summed E-state index contributed by atoms with van der Waals surface area (Å²) in [5.41, 5.74) is 1.39. The maximum Gasteiger partial charge on any atom is 0.326 e. The summed E-state index contributed by atoms with van der Waals surface area (Å²) in [5, 5.41) is 13.2. The third kappa shape index (κ3) is 6.09.